The van der Waals surface area contributed by atoms with E-state index in [1.54, 1.807) is 19.2 Å². The van der Waals surface area contributed by atoms with Gasteiger partial charge in [-0.25, -0.2) is 4.39 Å². The zero-order valence-corrected chi connectivity index (χ0v) is 12.1. The number of rotatable bonds is 5. The summed E-state index contributed by atoms with van der Waals surface area (Å²) in [4.78, 5) is 0. The molecule has 1 unspecified atom stereocenters. The van der Waals surface area contributed by atoms with Crippen molar-refractivity contribution < 1.29 is 9.13 Å². The van der Waals surface area contributed by atoms with Crippen molar-refractivity contribution in [2.24, 2.45) is 0 Å². The number of hydrogen-bond acceptors (Lipinski definition) is 2. The van der Waals surface area contributed by atoms with Gasteiger partial charge in [-0.15, -0.1) is 0 Å². The van der Waals surface area contributed by atoms with Gasteiger partial charge >= 0.3 is 0 Å². The Hall–Kier alpha value is -2.03. The first-order chi connectivity index (χ1) is 9.58. The van der Waals surface area contributed by atoms with E-state index in [-0.39, 0.29) is 11.9 Å². The molecule has 0 aliphatic heterocycles. The van der Waals surface area contributed by atoms with Crippen molar-refractivity contribution in [3.05, 3.63) is 59.4 Å². The van der Waals surface area contributed by atoms with Crippen molar-refractivity contribution in [1.29, 1.82) is 0 Å². The molecule has 0 saturated carbocycles. The quantitative estimate of drug-likeness (QED) is 0.882. The number of benzene rings is 2. The Balaban J connectivity index is 2.08. The van der Waals surface area contributed by atoms with Gasteiger partial charge in [0.15, 0.2) is 0 Å². The maximum Gasteiger partial charge on any atom is 0.141 e. The van der Waals surface area contributed by atoms with Crippen LogP contribution in [0.25, 0.3) is 0 Å². The summed E-state index contributed by atoms with van der Waals surface area (Å²) in [7, 11) is 1.66. The summed E-state index contributed by atoms with van der Waals surface area (Å²) in [6.45, 7) is 4.12. The maximum absolute atomic E-state index is 13.2. The lowest BCUT2D eigenvalue weighted by molar-refractivity contribution is 0.416. The number of anilines is 1. The monoisotopic (exact) mass is 273 g/mol. The van der Waals surface area contributed by atoms with Crippen LogP contribution in [-0.2, 0) is 6.42 Å². The van der Waals surface area contributed by atoms with Gasteiger partial charge < -0.3 is 10.1 Å². The number of ether oxygens (including phenoxy) is 1. The lowest BCUT2D eigenvalue weighted by Crippen LogP contribution is -2.18. The second-order valence-corrected chi connectivity index (χ2v) is 5.08. The first-order valence-corrected chi connectivity index (χ1v) is 6.74. The summed E-state index contributed by atoms with van der Waals surface area (Å²) in [5.41, 5.74) is 3.12. The highest BCUT2D eigenvalue weighted by Crippen LogP contribution is 2.26. The van der Waals surface area contributed by atoms with E-state index in [1.807, 2.05) is 25.1 Å². The van der Waals surface area contributed by atoms with Gasteiger partial charge in [-0.1, -0.05) is 18.2 Å². The molecule has 2 aromatic carbocycles. The highest BCUT2D eigenvalue weighted by molar-refractivity contribution is 5.58. The van der Waals surface area contributed by atoms with Crippen molar-refractivity contribution in [3.63, 3.8) is 0 Å². The maximum atomic E-state index is 13.2. The Kier molecular flexibility index (Phi) is 4.61. The number of halogens is 1. The van der Waals surface area contributed by atoms with Gasteiger partial charge in [0.2, 0.25) is 0 Å². The fraction of sp³-hybridized carbons (Fsp3) is 0.294. The molecule has 2 rings (SSSR count). The van der Waals surface area contributed by atoms with Gasteiger partial charge in [0.25, 0.3) is 0 Å². The van der Waals surface area contributed by atoms with Crippen LogP contribution in [0.2, 0.25) is 0 Å². The summed E-state index contributed by atoms with van der Waals surface area (Å²) in [6, 6.07) is 12.9. The number of nitrogens with one attached hydrogen (secondary N) is 1. The lowest BCUT2D eigenvalue weighted by atomic mass is 10.1. The van der Waals surface area contributed by atoms with Crippen LogP contribution in [0.3, 0.4) is 0 Å². The fourth-order valence-electron chi connectivity index (χ4n) is 2.27. The third-order valence-corrected chi connectivity index (χ3v) is 3.19. The van der Waals surface area contributed by atoms with Crippen LogP contribution in [0.4, 0.5) is 10.1 Å². The highest BCUT2D eigenvalue weighted by Gasteiger charge is 2.08. The largest absolute Gasteiger partial charge is 0.495 e. The third-order valence-electron chi connectivity index (χ3n) is 3.19. The molecule has 0 fully saturated rings. The van der Waals surface area contributed by atoms with Crippen LogP contribution < -0.4 is 10.1 Å². The van der Waals surface area contributed by atoms with Crippen LogP contribution in [0.1, 0.15) is 18.1 Å². The van der Waals surface area contributed by atoms with Gasteiger partial charge in [0.05, 0.1) is 12.8 Å². The molecule has 0 aliphatic rings. The van der Waals surface area contributed by atoms with Crippen LogP contribution in [-0.4, -0.2) is 13.2 Å². The Morgan fingerprint density at radius 2 is 2.00 bits per heavy atom. The smallest absolute Gasteiger partial charge is 0.141 e. The molecule has 1 atom stereocenters. The topological polar surface area (TPSA) is 21.3 Å². The molecule has 0 bridgehead atoms. The fourth-order valence-corrected chi connectivity index (χ4v) is 2.27. The van der Waals surface area contributed by atoms with E-state index in [0.29, 0.717) is 0 Å². The molecule has 106 valence electrons. The van der Waals surface area contributed by atoms with E-state index in [0.717, 1.165) is 23.4 Å². The molecule has 0 aromatic heterocycles. The second-order valence-electron chi connectivity index (χ2n) is 5.08. The summed E-state index contributed by atoms with van der Waals surface area (Å²) in [5.74, 6) is 0.629. The van der Waals surface area contributed by atoms with E-state index in [9.17, 15) is 4.39 Å². The van der Waals surface area contributed by atoms with Crippen LogP contribution in [0, 0.1) is 12.7 Å². The Labute approximate surface area is 119 Å². The zero-order valence-electron chi connectivity index (χ0n) is 12.1. The van der Waals surface area contributed by atoms with Gasteiger partial charge in [0, 0.05) is 6.04 Å². The Morgan fingerprint density at radius 3 is 2.70 bits per heavy atom. The van der Waals surface area contributed by atoms with Crippen molar-refractivity contribution in [2.45, 2.75) is 26.3 Å². The molecular formula is C17H20FNO. The van der Waals surface area contributed by atoms with E-state index in [1.165, 1.54) is 11.6 Å². The van der Waals surface area contributed by atoms with Crippen LogP contribution in [0.15, 0.2) is 42.5 Å². The first-order valence-electron chi connectivity index (χ1n) is 6.74. The van der Waals surface area contributed by atoms with Gasteiger partial charge in [0.1, 0.15) is 11.6 Å². The SMILES string of the molecule is COc1ccc(C)cc1NC(C)Cc1cccc(F)c1. The minimum absolute atomic E-state index is 0.187. The molecule has 0 aliphatic carbocycles. The van der Waals surface area contributed by atoms with Crippen molar-refractivity contribution >= 4 is 5.69 Å². The molecule has 0 radical (unpaired) electrons. The van der Waals surface area contributed by atoms with E-state index < -0.39 is 0 Å². The average Bonchev–Trinajstić information content (AvgIpc) is 2.38. The first kappa shape index (κ1) is 14.4. The normalized spacial score (nSPS) is 12.0. The van der Waals surface area contributed by atoms with Crippen LogP contribution in [0.5, 0.6) is 5.75 Å². The molecule has 0 heterocycles. The standard InChI is InChI=1S/C17H20FNO/c1-12-7-8-17(20-3)16(9-12)19-13(2)10-14-5-4-6-15(18)11-14/h4-9,11,13,19H,10H2,1-3H3. The molecular weight excluding hydrogens is 253 g/mol. The zero-order chi connectivity index (χ0) is 14.5. The molecule has 20 heavy (non-hydrogen) atoms. The Morgan fingerprint density at radius 1 is 1.20 bits per heavy atom. The number of aryl methyl sites for hydroxylation is 1. The molecule has 0 spiro atoms. The van der Waals surface area contributed by atoms with Gasteiger partial charge in [-0.2, -0.15) is 0 Å². The summed E-state index contributed by atoms with van der Waals surface area (Å²) in [6.07, 6.45) is 0.759. The van der Waals surface area contributed by atoms with Crippen molar-refractivity contribution in [2.75, 3.05) is 12.4 Å². The van der Waals surface area contributed by atoms with Crippen LogP contribution >= 0.6 is 0 Å². The number of hydrogen-bond donors (Lipinski definition) is 1. The predicted octanol–water partition coefficient (Wildman–Crippen LogP) is 4.19. The highest BCUT2D eigenvalue weighted by atomic mass is 19.1. The molecule has 2 nitrogen and oxygen atoms in total. The molecule has 0 saturated heterocycles. The average molecular weight is 273 g/mol. The minimum atomic E-state index is -0.192. The molecule has 2 aromatic rings. The predicted molar refractivity (Wildman–Crippen MR) is 80.9 cm³/mol. The van der Waals surface area contributed by atoms with E-state index in [2.05, 4.69) is 18.3 Å². The summed E-state index contributed by atoms with van der Waals surface area (Å²) < 4.78 is 18.5. The third kappa shape index (κ3) is 3.73. The molecule has 3 heteroatoms. The Bertz CT molecular complexity index is 583. The van der Waals surface area contributed by atoms with E-state index >= 15 is 0 Å². The number of methoxy groups -OCH3 is 1. The minimum Gasteiger partial charge on any atom is -0.495 e. The lowest BCUT2D eigenvalue weighted by Gasteiger charge is -2.18. The van der Waals surface area contributed by atoms with Gasteiger partial charge in [-0.3, -0.25) is 0 Å². The molecule has 0 amide bonds. The second kappa shape index (κ2) is 6.42. The summed E-state index contributed by atoms with van der Waals surface area (Å²) >= 11 is 0. The van der Waals surface area contributed by atoms with Gasteiger partial charge in [-0.05, 0) is 55.7 Å². The molecule has 1 N–H and O–H groups in total. The summed E-state index contributed by atoms with van der Waals surface area (Å²) in [5, 5.41) is 3.42. The van der Waals surface area contributed by atoms with Crippen molar-refractivity contribution in [1.82, 2.24) is 0 Å². The van der Waals surface area contributed by atoms with E-state index in [4.69, 9.17) is 4.74 Å². The van der Waals surface area contributed by atoms with Crippen molar-refractivity contribution in [3.8, 4) is 5.75 Å².